The topological polar surface area (TPSA) is 35.5 Å². The van der Waals surface area contributed by atoms with E-state index < -0.39 is 5.82 Å². The summed E-state index contributed by atoms with van der Waals surface area (Å²) in [7, 11) is 0. The van der Waals surface area contributed by atoms with Gasteiger partial charge in [-0.15, -0.1) is 31.4 Å². The van der Waals surface area contributed by atoms with Crippen molar-refractivity contribution in [2.24, 2.45) is 0 Å². The van der Waals surface area contributed by atoms with E-state index in [2.05, 4.69) is 32.7 Å². The number of nitrogens with zero attached hydrogens (tertiary/aromatic N) is 1. The van der Waals surface area contributed by atoms with Gasteiger partial charge < -0.3 is 10.4 Å². The minimum atomic E-state index is -0.587. The van der Waals surface area contributed by atoms with Crippen molar-refractivity contribution in [1.82, 2.24) is 10.2 Å². The van der Waals surface area contributed by atoms with E-state index in [9.17, 15) is 9.50 Å². The fraction of sp³-hybridized carbons (Fsp3) is 0.467. The summed E-state index contributed by atoms with van der Waals surface area (Å²) in [6.45, 7) is 9.49. The summed E-state index contributed by atoms with van der Waals surface area (Å²) in [6, 6.07) is 3.05. The summed E-state index contributed by atoms with van der Waals surface area (Å²) in [5, 5.41) is 13.4. The standard InChI is InChI=1S/C15H20BrFN2O.2ClH/c1-10(2)7-14(19-5-3-18-4-6-19)12-8-11(16)9-13(17)15(12)20;;/h8-9,14,18,20H,1,3-7H2,2H3;2*1H/t14-;;/m1../s1. The lowest BCUT2D eigenvalue weighted by molar-refractivity contribution is 0.169. The molecule has 22 heavy (non-hydrogen) atoms. The number of rotatable bonds is 4. The monoisotopic (exact) mass is 414 g/mol. The Labute approximate surface area is 151 Å². The molecule has 0 aliphatic carbocycles. The zero-order valence-electron chi connectivity index (χ0n) is 12.4. The SMILES string of the molecule is C=C(C)C[C@H](c1cc(Br)cc(F)c1O)N1CCNCC1.Cl.Cl. The summed E-state index contributed by atoms with van der Waals surface area (Å²) in [6.07, 6.45) is 0.712. The number of hydrogen-bond acceptors (Lipinski definition) is 3. The zero-order chi connectivity index (χ0) is 14.7. The lowest BCUT2D eigenvalue weighted by Gasteiger charge is -2.35. The average molecular weight is 416 g/mol. The number of hydrogen-bond donors (Lipinski definition) is 2. The molecule has 0 bridgehead atoms. The summed E-state index contributed by atoms with van der Waals surface area (Å²) < 4.78 is 14.4. The van der Waals surface area contributed by atoms with Crippen molar-refractivity contribution in [2.75, 3.05) is 26.2 Å². The van der Waals surface area contributed by atoms with Crippen molar-refractivity contribution in [1.29, 1.82) is 0 Å². The van der Waals surface area contributed by atoms with E-state index in [0.717, 1.165) is 31.8 Å². The van der Waals surface area contributed by atoms with Crippen LogP contribution in [0.5, 0.6) is 5.75 Å². The summed E-state index contributed by atoms with van der Waals surface area (Å²) >= 11 is 3.30. The largest absolute Gasteiger partial charge is 0.505 e. The molecule has 3 nitrogen and oxygen atoms in total. The Morgan fingerprint density at radius 2 is 2.00 bits per heavy atom. The quantitative estimate of drug-likeness (QED) is 0.728. The number of phenols is 1. The second kappa shape index (κ2) is 9.73. The number of nitrogens with one attached hydrogen (secondary N) is 1. The van der Waals surface area contributed by atoms with Crippen LogP contribution in [0.4, 0.5) is 4.39 Å². The van der Waals surface area contributed by atoms with Crippen LogP contribution in [0.1, 0.15) is 24.9 Å². The van der Waals surface area contributed by atoms with Gasteiger partial charge in [0.25, 0.3) is 0 Å². The zero-order valence-corrected chi connectivity index (χ0v) is 15.7. The molecule has 0 unspecified atom stereocenters. The minimum absolute atomic E-state index is 0. The molecule has 1 saturated heterocycles. The molecule has 0 radical (unpaired) electrons. The normalized spacial score (nSPS) is 16.3. The van der Waals surface area contributed by atoms with E-state index in [1.165, 1.54) is 6.07 Å². The lowest BCUT2D eigenvalue weighted by Crippen LogP contribution is -2.45. The van der Waals surface area contributed by atoms with Crippen LogP contribution in [0, 0.1) is 5.82 Å². The van der Waals surface area contributed by atoms with Crippen molar-refractivity contribution in [2.45, 2.75) is 19.4 Å². The Morgan fingerprint density at radius 1 is 1.41 bits per heavy atom. The molecule has 1 heterocycles. The number of aromatic hydroxyl groups is 1. The first-order valence-electron chi connectivity index (χ1n) is 6.76. The predicted octanol–water partition coefficient (Wildman–Crippen LogP) is 4.05. The predicted molar refractivity (Wildman–Crippen MR) is 96.9 cm³/mol. The molecule has 0 saturated carbocycles. The van der Waals surface area contributed by atoms with Crippen LogP contribution in [0.25, 0.3) is 0 Å². The Bertz CT molecular complexity index is 511. The molecule has 7 heteroatoms. The number of benzene rings is 1. The van der Waals surface area contributed by atoms with Crippen LogP contribution < -0.4 is 5.32 Å². The van der Waals surface area contributed by atoms with Crippen LogP contribution in [-0.4, -0.2) is 36.2 Å². The van der Waals surface area contributed by atoms with Crippen LogP contribution >= 0.6 is 40.7 Å². The molecule has 1 aliphatic rings. The van der Waals surface area contributed by atoms with Crippen LogP contribution in [0.15, 0.2) is 28.8 Å². The van der Waals surface area contributed by atoms with Crippen molar-refractivity contribution in [3.63, 3.8) is 0 Å². The molecule has 1 fully saturated rings. The van der Waals surface area contributed by atoms with Gasteiger partial charge in [-0.1, -0.05) is 21.5 Å². The van der Waals surface area contributed by atoms with Crippen molar-refractivity contribution < 1.29 is 9.50 Å². The first-order valence-corrected chi connectivity index (χ1v) is 7.55. The molecular weight excluding hydrogens is 394 g/mol. The Hall–Kier alpha value is -0.330. The van der Waals surface area contributed by atoms with Gasteiger partial charge in [0, 0.05) is 42.3 Å². The summed E-state index contributed by atoms with van der Waals surface area (Å²) in [5.41, 5.74) is 1.65. The van der Waals surface area contributed by atoms with Gasteiger partial charge in [0.2, 0.25) is 0 Å². The highest BCUT2D eigenvalue weighted by atomic mass is 79.9. The molecule has 2 N–H and O–H groups in total. The van der Waals surface area contributed by atoms with Crippen LogP contribution in [0.2, 0.25) is 0 Å². The fourth-order valence-electron chi connectivity index (χ4n) is 2.60. The molecule has 0 aromatic heterocycles. The van der Waals surface area contributed by atoms with Crippen molar-refractivity contribution in [3.8, 4) is 5.75 Å². The minimum Gasteiger partial charge on any atom is -0.505 e. The van der Waals surface area contributed by atoms with Crippen LogP contribution in [0.3, 0.4) is 0 Å². The number of piperazine rings is 1. The van der Waals surface area contributed by atoms with E-state index in [0.29, 0.717) is 16.5 Å². The second-order valence-corrected chi connectivity index (χ2v) is 6.20. The molecule has 2 rings (SSSR count). The smallest absolute Gasteiger partial charge is 0.166 e. The molecule has 126 valence electrons. The average Bonchev–Trinajstić information content (AvgIpc) is 2.41. The fourth-order valence-corrected chi connectivity index (χ4v) is 3.05. The third-order valence-corrected chi connectivity index (χ3v) is 4.01. The Balaban J connectivity index is 0.00000220. The van der Waals surface area contributed by atoms with Gasteiger partial charge in [0.15, 0.2) is 11.6 Å². The highest BCUT2D eigenvalue weighted by molar-refractivity contribution is 9.10. The molecule has 1 aromatic carbocycles. The van der Waals surface area contributed by atoms with Gasteiger partial charge >= 0.3 is 0 Å². The van der Waals surface area contributed by atoms with Gasteiger partial charge in [0.1, 0.15) is 0 Å². The van der Waals surface area contributed by atoms with Crippen molar-refractivity contribution in [3.05, 3.63) is 40.1 Å². The number of halogens is 4. The van der Waals surface area contributed by atoms with Gasteiger partial charge in [-0.05, 0) is 25.5 Å². The Morgan fingerprint density at radius 3 is 2.55 bits per heavy atom. The van der Waals surface area contributed by atoms with Gasteiger partial charge in [-0.25, -0.2) is 4.39 Å². The number of phenolic OH excluding ortho intramolecular Hbond substituents is 1. The van der Waals surface area contributed by atoms with Gasteiger partial charge in [-0.3, -0.25) is 4.90 Å². The van der Waals surface area contributed by atoms with E-state index in [4.69, 9.17) is 0 Å². The lowest BCUT2D eigenvalue weighted by atomic mass is 9.97. The van der Waals surface area contributed by atoms with E-state index in [1.54, 1.807) is 6.07 Å². The van der Waals surface area contributed by atoms with Gasteiger partial charge in [-0.2, -0.15) is 0 Å². The van der Waals surface area contributed by atoms with Gasteiger partial charge in [0.05, 0.1) is 0 Å². The maximum absolute atomic E-state index is 13.8. The van der Waals surface area contributed by atoms with Crippen molar-refractivity contribution >= 4 is 40.7 Å². The first-order chi connectivity index (χ1) is 9.49. The maximum Gasteiger partial charge on any atom is 0.166 e. The third-order valence-electron chi connectivity index (χ3n) is 3.55. The third kappa shape index (κ3) is 5.39. The molecule has 0 amide bonds. The molecular formula is C15H22BrCl2FN2O. The maximum atomic E-state index is 13.8. The molecule has 0 spiro atoms. The Kier molecular flexibility index (Phi) is 9.58. The first kappa shape index (κ1) is 21.7. The summed E-state index contributed by atoms with van der Waals surface area (Å²) in [5.74, 6) is -0.839. The van der Waals surface area contributed by atoms with E-state index >= 15 is 0 Å². The summed E-state index contributed by atoms with van der Waals surface area (Å²) in [4.78, 5) is 2.27. The molecule has 1 atom stereocenters. The molecule has 1 aliphatic heterocycles. The highest BCUT2D eigenvalue weighted by Gasteiger charge is 2.26. The van der Waals surface area contributed by atoms with E-state index in [-0.39, 0.29) is 36.6 Å². The van der Waals surface area contributed by atoms with E-state index in [1.807, 2.05) is 6.92 Å². The second-order valence-electron chi connectivity index (χ2n) is 5.29. The molecule has 1 aromatic rings. The highest BCUT2D eigenvalue weighted by Crippen LogP contribution is 2.36. The van der Waals surface area contributed by atoms with Crippen LogP contribution in [-0.2, 0) is 0 Å².